The Morgan fingerprint density at radius 1 is 0.859 bits per heavy atom. The number of fused-ring (bicyclic) bond motifs is 4. The number of hydrogen-bond donors (Lipinski definition) is 3. The number of piperidine rings is 1. The molecule has 0 aromatic rings. The Balaban J connectivity index is 1.51. The first kappa shape index (κ1) is 52.0. The van der Waals surface area contributed by atoms with Crippen LogP contribution in [0.1, 0.15) is 106 Å². The van der Waals surface area contributed by atoms with Crippen molar-refractivity contribution in [2.24, 2.45) is 41.4 Å². The number of amides is 1. The van der Waals surface area contributed by atoms with Crippen molar-refractivity contribution >= 4 is 40.3 Å². The standard InChI is InChI=1S/C49H73NO13S/c1-27-14-11-10-12-15-28(2)38(59-7)26-34-19-17-32(6)49(58,63-34)44(54)45(55)50-21-13-16-35-36(24-33-18-20-37(51)39(25-33)60-8)48(62-46(56)40(35)50)64-47(57)31(5)23-30(4)42(53)43(61-9)41(52)29(3)22-27/h10-12,14-15,23,27,29,31-40,42-43,48,51,53,58H,13,16-22,24-26H2,1-9H3/b12-10+,14-11+,28-15?,30-23+/t27-,29-,31-,32-,33+,34+,35-,36?,37-,38+,39-,40+,42-,43+,48+,49-/m1/s1. The van der Waals surface area contributed by atoms with Crippen molar-refractivity contribution in [1.29, 1.82) is 0 Å². The first-order valence-corrected chi connectivity index (χ1v) is 24.1. The molecular weight excluding hydrogens is 843 g/mol. The van der Waals surface area contributed by atoms with E-state index in [9.17, 15) is 39.3 Å². The van der Waals surface area contributed by atoms with Crippen molar-refractivity contribution in [1.82, 2.24) is 4.90 Å². The van der Waals surface area contributed by atoms with E-state index >= 15 is 0 Å². The molecule has 64 heavy (non-hydrogen) atoms. The SMILES string of the molecule is CO[C@H]1C[C@@H]2CC[C@@H](C)[C@@](O)(O2)C(=O)C(=O)N2CCC[C@@H]3C(C[C@@H]4CC[C@@H](O)[C@H](OC)C4)[C@@H](OC(=O)[C@H]32)SC(=O)[C@H](C)/C=C(\C)[C@@H](O)[C@@H](OC)C(=O)[C@H](C)C[C@H](C)/C=C/C=C/C=C1C. The van der Waals surface area contributed by atoms with Crippen LogP contribution in [0.4, 0.5) is 0 Å². The summed E-state index contributed by atoms with van der Waals surface area (Å²) in [5.41, 5.74) is 0.327. The van der Waals surface area contributed by atoms with Gasteiger partial charge in [0.2, 0.25) is 5.79 Å². The van der Waals surface area contributed by atoms with Crippen molar-refractivity contribution in [2.75, 3.05) is 27.9 Å². The number of nitrogens with zero attached hydrogens (tertiary/aromatic N) is 1. The number of allylic oxidation sites excluding steroid dienone is 6. The molecule has 4 heterocycles. The fourth-order valence-electron chi connectivity index (χ4n) is 10.5. The first-order chi connectivity index (χ1) is 30.3. The normalized spacial score (nSPS) is 42.3. The summed E-state index contributed by atoms with van der Waals surface area (Å²) in [5, 5.41) is 33.7. The van der Waals surface area contributed by atoms with Crippen molar-refractivity contribution in [3.63, 3.8) is 0 Å². The van der Waals surface area contributed by atoms with Gasteiger partial charge >= 0.3 is 5.97 Å². The lowest BCUT2D eigenvalue weighted by Gasteiger charge is -2.50. The lowest BCUT2D eigenvalue weighted by molar-refractivity contribution is -0.266. The van der Waals surface area contributed by atoms with Gasteiger partial charge < -0.3 is 43.9 Å². The fourth-order valence-corrected chi connectivity index (χ4v) is 11.6. The third kappa shape index (κ3) is 12.1. The summed E-state index contributed by atoms with van der Waals surface area (Å²) in [5.74, 6) is -8.35. The average Bonchev–Trinajstić information content (AvgIpc) is 3.27. The molecule has 5 aliphatic rings. The van der Waals surface area contributed by atoms with Gasteiger partial charge in [0.15, 0.2) is 16.3 Å². The molecule has 0 aromatic carbocycles. The minimum atomic E-state index is -2.44. The van der Waals surface area contributed by atoms with Gasteiger partial charge in [-0.25, -0.2) is 4.79 Å². The molecule has 14 nitrogen and oxygen atoms in total. The van der Waals surface area contributed by atoms with E-state index in [1.807, 2.05) is 51.2 Å². The van der Waals surface area contributed by atoms with Crippen molar-refractivity contribution < 1.29 is 63.0 Å². The van der Waals surface area contributed by atoms with E-state index in [1.54, 1.807) is 41.1 Å². The van der Waals surface area contributed by atoms with Gasteiger partial charge in [0, 0.05) is 58.0 Å². The molecule has 0 aromatic heterocycles. The average molecular weight is 916 g/mol. The van der Waals surface area contributed by atoms with Crippen molar-refractivity contribution in [2.45, 2.75) is 160 Å². The minimum absolute atomic E-state index is 0.0204. The van der Waals surface area contributed by atoms with E-state index in [0.717, 1.165) is 17.3 Å². The van der Waals surface area contributed by atoms with Crippen LogP contribution in [0.15, 0.2) is 47.6 Å². The predicted molar refractivity (Wildman–Crippen MR) is 241 cm³/mol. The van der Waals surface area contributed by atoms with E-state index in [-0.39, 0.29) is 35.4 Å². The number of Topliss-reactive ketones (excluding diaryl/α,β-unsaturated/α-hetero) is 2. The van der Waals surface area contributed by atoms with Gasteiger partial charge in [-0.1, -0.05) is 64.2 Å². The van der Waals surface area contributed by atoms with Gasteiger partial charge in [-0.3, -0.25) is 19.2 Å². The minimum Gasteiger partial charge on any atom is -0.449 e. The number of aliphatic hydroxyl groups is 3. The predicted octanol–water partition coefficient (Wildman–Crippen LogP) is 5.66. The zero-order valence-corrected chi connectivity index (χ0v) is 40.0. The van der Waals surface area contributed by atoms with Crippen molar-refractivity contribution in [3.05, 3.63) is 47.6 Å². The number of carbonyl (C=O) groups excluding carboxylic acids is 5. The number of ketones is 2. The van der Waals surface area contributed by atoms with Gasteiger partial charge in [0.25, 0.3) is 11.7 Å². The highest BCUT2D eigenvalue weighted by Gasteiger charge is 2.57. The van der Waals surface area contributed by atoms with Crippen LogP contribution in [0, 0.1) is 41.4 Å². The molecule has 4 fully saturated rings. The second-order valence-corrected chi connectivity index (χ2v) is 20.2. The first-order valence-electron chi connectivity index (χ1n) is 23.2. The summed E-state index contributed by atoms with van der Waals surface area (Å²) in [7, 11) is 4.51. The molecule has 1 unspecified atom stereocenters. The maximum Gasteiger partial charge on any atom is 0.330 e. The Hall–Kier alpha value is -3.02. The maximum atomic E-state index is 14.4. The zero-order valence-electron chi connectivity index (χ0n) is 39.2. The number of methoxy groups -OCH3 is 3. The molecule has 5 rings (SSSR count). The summed E-state index contributed by atoms with van der Waals surface area (Å²) in [6.45, 7) is 10.8. The van der Waals surface area contributed by atoms with Crippen LogP contribution >= 0.6 is 11.8 Å². The molecule has 16 atom stereocenters. The van der Waals surface area contributed by atoms with Gasteiger partial charge in [-0.2, -0.15) is 0 Å². The molecular formula is C49H73NO13S. The molecule has 1 aliphatic carbocycles. The highest BCUT2D eigenvalue weighted by atomic mass is 32.2. The fraction of sp³-hybridized carbons (Fsp3) is 0.735. The smallest absolute Gasteiger partial charge is 0.330 e. The van der Waals surface area contributed by atoms with Gasteiger partial charge in [0.05, 0.1) is 24.4 Å². The molecule has 15 heteroatoms. The molecule has 1 amide bonds. The van der Waals surface area contributed by atoms with Crippen LogP contribution in [-0.2, 0) is 47.7 Å². The topological polar surface area (TPSA) is 195 Å². The van der Waals surface area contributed by atoms with Crippen LogP contribution in [0.3, 0.4) is 0 Å². The summed E-state index contributed by atoms with van der Waals surface area (Å²) < 4.78 is 29.3. The summed E-state index contributed by atoms with van der Waals surface area (Å²) >= 11 is 0.893. The zero-order chi connectivity index (χ0) is 47.0. The Morgan fingerprint density at radius 2 is 1.59 bits per heavy atom. The Kier molecular flexibility index (Phi) is 18.8. The van der Waals surface area contributed by atoms with E-state index in [0.29, 0.717) is 69.8 Å². The second kappa shape index (κ2) is 23.1. The number of hydrogen-bond acceptors (Lipinski definition) is 14. The molecule has 4 aliphatic heterocycles. The Bertz CT molecular complexity index is 1800. The molecule has 0 radical (unpaired) electrons. The number of rotatable bonds is 5. The Labute approximate surface area is 383 Å². The Morgan fingerprint density at radius 3 is 2.28 bits per heavy atom. The van der Waals surface area contributed by atoms with Crippen LogP contribution < -0.4 is 0 Å². The molecule has 3 N–H and O–H groups in total. The van der Waals surface area contributed by atoms with E-state index < -0.39 is 95.0 Å². The molecule has 4 bridgehead atoms. The van der Waals surface area contributed by atoms with Crippen LogP contribution in [0.5, 0.6) is 0 Å². The maximum absolute atomic E-state index is 14.4. The number of esters is 1. The van der Waals surface area contributed by atoms with Gasteiger partial charge in [-0.15, -0.1) is 0 Å². The van der Waals surface area contributed by atoms with Crippen molar-refractivity contribution in [3.8, 4) is 0 Å². The number of carbonyl (C=O) groups is 5. The molecule has 3 saturated heterocycles. The summed E-state index contributed by atoms with van der Waals surface area (Å²) in [6, 6.07) is -1.14. The van der Waals surface area contributed by atoms with E-state index in [2.05, 4.69) is 0 Å². The summed E-state index contributed by atoms with van der Waals surface area (Å²) in [6.07, 6.45) is 11.7. The second-order valence-electron chi connectivity index (χ2n) is 19.1. The molecule has 1 saturated carbocycles. The highest BCUT2D eigenvalue weighted by molar-refractivity contribution is 8.14. The van der Waals surface area contributed by atoms with Crippen LogP contribution in [0.2, 0.25) is 0 Å². The van der Waals surface area contributed by atoms with Gasteiger partial charge in [0.1, 0.15) is 18.2 Å². The molecule has 0 spiro atoms. The summed E-state index contributed by atoms with van der Waals surface area (Å²) in [4.78, 5) is 72.0. The highest BCUT2D eigenvalue weighted by Crippen LogP contribution is 2.47. The third-order valence-electron chi connectivity index (χ3n) is 14.4. The quantitative estimate of drug-likeness (QED) is 0.174. The van der Waals surface area contributed by atoms with E-state index in [4.69, 9.17) is 23.7 Å². The largest absolute Gasteiger partial charge is 0.449 e. The lowest BCUT2D eigenvalue weighted by Crippen LogP contribution is -2.64. The van der Waals surface area contributed by atoms with Gasteiger partial charge in [-0.05, 0) is 112 Å². The van der Waals surface area contributed by atoms with E-state index in [1.165, 1.54) is 12.0 Å². The lowest BCUT2D eigenvalue weighted by atomic mass is 9.71. The third-order valence-corrected chi connectivity index (χ3v) is 15.7. The monoisotopic (exact) mass is 915 g/mol. The molecule has 358 valence electrons. The number of ether oxygens (including phenoxy) is 5. The van der Waals surface area contributed by atoms with Crippen LogP contribution in [-0.4, -0.2) is 131 Å². The number of aliphatic hydroxyl groups excluding tert-OH is 2. The number of thioether (sulfide) groups is 1. The van der Waals surface area contributed by atoms with Crippen LogP contribution in [0.25, 0.3) is 0 Å².